The Morgan fingerprint density at radius 3 is 2.26 bits per heavy atom. The van der Waals surface area contributed by atoms with Crippen molar-refractivity contribution in [3.63, 3.8) is 0 Å². The van der Waals surface area contributed by atoms with Gasteiger partial charge in [-0.15, -0.1) is 0 Å². The van der Waals surface area contributed by atoms with Gasteiger partial charge in [-0.05, 0) is 50.3 Å². The van der Waals surface area contributed by atoms with Gasteiger partial charge in [0.25, 0.3) is 0 Å². The van der Waals surface area contributed by atoms with Crippen molar-refractivity contribution < 1.29 is 19.3 Å². The average molecular weight is 324 g/mol. The third kappa shape index (κ3) is 10.3. The Balaban J connectivity index is 2.20. The van der Waals surface area contributed by atoms with Crippen LogP contribution in [0, 0.1) is 5.92 Å². The van der Waals surface area contributed by atoms with Gasteiger partial charge in [-0.2, -0.15) is 0 Å². The van der Waals surface area contributed by atoms with E-state index in [9.17, 15) is 5.11 Å². The van der Waals surface area contributed by atoms with Crippen LogP contribution in [-0.4, -0.2) is 37.1 Å². The molecule has 4 heteroatoms. The van der Waals surface area contributed by atoms with Crippen LogP contribution in [0.2, 0.25) is 0 Å². The Bertz CT molecular complexity index is 400. The van der Waals surface area contributed by atoms with Crippen molar-refractivity contribution in [2.24, 2.45) is 5.92 Å². The summed E-state index contributed by atoms with van der Waals surface area (Å²) in [5.41, 5.74) is 1.10. The highest BCUT2D eigenvalue weighted by atomic mass is 16.5. The summed E-state index contributed by atoms with van der Waals surface area (Å²) >= 11 is 0. The quantitative estimate of drug-likeness (QED) is 0.594. The van der Waals surface area contributed by atoms with Gasteiger partial charge < -0.3 is 19.3 Å². The van der Waals surface area contributed by atoms with Crippen LogP contribution in [0.3, 0.4) is 0 Å². The first kappa shape index (κ1) is 19.9. The lowest BCUT2D eigenvalue weighted by molar-refractivity contribution is 0.0143. The molecule has 0 heterocycles. The molecule has 0 aromatic heterocycles. The van der Waals surface area contributed by atoms with E-state index in [2.05, 4.69) is 13.8 Å². The van der Waals surface area contributed by atoms with E-state index in [1.54, 1.807) is 0 Å². The molecule has 0 aliphatic heterocycles. The zero-order valence-corrected chi connectivity index (χ0v) is 15.0. The van der Waals surface area contributed by atoms with E-state index < -0.39 is 6.10 Å². The van der Waals surface area contributed by atoms with Gasteiger partial charge in [0.1, 0.15) is 12.4 Å². The second kappa shape index (κ2) is 11.4. The van der Waals surface area contributed by atoms with Gasteiger partial charge in [0.05, 0.1) is 32.0 Å². The van der Waals surface area contributed by atoms with Gasteiger partial charge in [-0.1, -0.05) is 26.0 Å². The van der Waals surface area contributed by atoms with Crippen LogP contribution in [-0.2, 0) is 16.1 Å². The molecule has 0 amide bonds. The van der Waals surface area contributed by atoms with Crippen molar-refractivity contribution in [1.82, 2.24) is 0 Å². The molecular weight excluding hydrogens is 292 g/mol. The first-order valence-electron chi connectivity index (χ1n) is 8.56. The van der Waals surface area contributed by atoms with Crippen LogP contribution in [0.15, 0.2) is 24.3 Å². The number of aliphatic hydroxyl groups is 1. The summed E-state index contributed by atoms with van der Waals surface area (Å²) in [5, 5.41) is 9.86. The van der Waals surface area contributed by atoms with Crippen LogP contribution >= 0.6 is 0 Å². The Hall–Kier alpha value is -1.10. The van der Waals surface area contributed by atoms with Crippen LogP contribution in [0.5, 0.6) is 5.75 Å². The molecule has 0 saturated carbocycles. The van der Waals surface area contributed by atoms with E-state index in [0.717, 1.165) is 24.2 Å². The molecule has 0 spiro atoms. The summed E-state index contributed by atoms with van der Waals surface area (Å²) in [6.07, 6.45) is 1.64. The minimum atomic E-state index is -0.402. The highest BCUT2D eigenvalue weighted by Crippen LogP contribution is 2.14. The van der Waals surface area contributed by atoms with E-state index in [1.165, 1.54) is 0 Å². The van der Waals surface area contributed by atoms with Crippen molar-refractivity contribution in [1.29, 1.82) is 0 Å². The predicted molar refractivity (Wildman–Crippen MR) is 92.8 cm³/mol. The molecule has 1 atom stereocenters. The number of ether oxygens (including phenoxy) is 3. The summed E-state index contributed by atoms with van der Waals surface area (Å²) < 4.78 is 16.6. The zero-order chi connectivity index (χ0) is 17.1. The average Bonchev–Trinajstić information content (AvgIpc) is 2.51. The molecular formula is C19H32O4. The molecule has 1 rings (SSSR count). The fourth-order valence-electron chi connectivity index (χ4n) is 2.02. The lowest BCUT2D eigenvalue weighted by atomic mass is 10.1. The summed E-state index contributed by atoms with van der Waals surface area (Å²) in [6, 6.07) is 7.80. The highest BCUT2D eigenvalue weighted by Gasteiger charge is 2.06. The van der Waals surface area contributed by atoms with Crippen LogP contribution < -0.4 is 4.74 Å². The lowest BCUT2D eigenvalue weighted by Crippen LogP contribution is -2.18. The van der Waals surface area contributed by atoms with E-state index in [1.807, 2.05) is 38.1 Å². The molecule has 23 heavy (non-hydrogen) atoms. The summed E-state index contributed by atoms with van der Waals surface area (Å²) in [4.78, 5) is 0. The van der Waals surface area contributed by atoms with Crippen LogP contribution in [0.4, 0.5) is 0 Å². The fourth-order valence-corrected chi connectivity index (χ4v) is 2.02. The molecule has 1 aromatic carbocycles. The summed E-state index contributed by atoms with van der Waals surface area (Å²) in [6.45, 7) is 10.5. The number of aliphatic hydroxyl groups excluding tert-OH is 1. The van der Waals surface area contributed by atoms with Crippen molar-refractivity contribution in [3.8, 4) is 5.75 Å². The Morgan fingerprint density at radius 1 is 0.957 bits per heavy atom. The molecule has 1 unspecified atom stereocenters. The third-order valence-electron chi connectivity index (χ3n) is 3.39. The molecule has 132 valence electrons. The topological polar surface area (TPSA) is 47.9 Å². The monoisotopic (exact) mass is 324 g/mol. The van der Waals surface area contributed by atoms with Crippen LogP contribution in [0.1, 0.15) is 46.1 Å². The number of hydrogen-bond donors (Lipinski definition) is 1. The Kier molecular flexibility index (Phi) is 9.92. The molecule has 0 radical (unpaired) electrons. The zero-order valence-electron chi connectivity index (χ0n) is 15.0. The van der Waals surface area contributed by atoms with Gasteiger partial charge in [0.15, 0.2) is 0 Å². The number of rotatable bonds is 12. The van der Waals surface area contributed by atoms with Gasteiger partial charge in [0.2, 0.25) is 0 Å². The van der Waals surface area contributed by atoms with Crippen LogP contribution in [0.25, 0.3) is 0 Å². The minimum Gasteiger partial charge on any atom is -0.491 e. The van der Waals surface area contributed by atoms with E-state index in [0.29, 0.717) is 32.3 Å². The second-order valence-electron chi connectivity index (χ2n) is 6.55. The summed E-state index contributed by atoms with van der Waals surface area (Å²) in [7, 11) is 0. The van der Waals surface area contributed by atoms with E-state index in [-0.39, 0.29) is 6.10 Å². The Labute approximate surface area is 140 Å². The lowest BCUT2D eigenvalue weighted by Gasteiger charge is -2.14. The Morgan fingerprint density at radius 2 is 1.65 bits per heavy atom. The van der Waals surface area contributed by atoms with Crippen molar-refractivity contribution in [2.45, 2.75) is 59.4 Å². The molecule has 1 N–H and O–H groups in total. The number of hydrogen-bond acceptors (Lipinski definition) is 4. The van der Waals surface area contributed by atoms with Gasteiger partial charge >= 0.3 is 0 Å². The second-order valence-corrected chi connectivity index (χ2v) is 6.55. The molecule has 0 aliphatic carbocycles. The maximum atomic E-state index is 9.86. The minimum absolute atomic E-state index is 0.242. The maximum absolute atomic E-state index is 9.86. The van der Waals surface area contributed by atoms with Crippen molar-refractivity contribution >= 4 is 0 Å². The molecule has 1 aromatic rings. The van der Waals surface area contributed by atoms with E-state index >= 15 is 0 Å². The molecule has 0 bridgehead atoms. The third-order valence-corrected chi connectivity index (χ3v) is 3.39. The molecule has 0 fully saturated rings. The molecule has 4 nitrogen and oxygen atoms in total. The van der Waals surface area contributed by atoms with Crippen molar-refractivity contribution in [3.05, 3.63) is 29.8 Å². The van der Waals surface area contributed by atoms with Gasteiger partial charge in [-0.3, -0.25) is 0 Å². The smallest absolute Gasteiger partial charge is 0.119 e. The molecule has 0 saturated heterocycles. The first-order chi connectivity index (χ1) is 11.0. The number of benzene rings is 1. The van der Waals surface area contributed by atoms with Gasteiger partial charge in [-0.25, -0.2) is 0 Å². The first-order valence-corrected chi connectivity index (χ1v) is 8.56. The maximum Gasteiger partial charge on any atom is 0.119 e. The summed E-state index contributed by atoms with van der Waals surface area (Å²) in [5.74, 6) is 1.38. The standard InChI is InChI=1S/C19H32O4/c1-15(2)5-8-18(20)14-23-19-9-6-17(7-10-19)13-21-11-12-22-16(3)4/h6-7,9-10,15-16,18,20H,5,8,11-14H2,1-4H3. The molecule has 0 aliphatic rings. The van der Waals surface area contributed by atoms with Gasteiger partial charge in [0, 0.05) is 0 Å². The predicted octanol–water partition coefficient (Wildman–Crippen LogP) is 3.80. The normalized spacial score (nSPS) is 12.8. The highest BCUT2D eigenvalue weighted by molar-refractivity contribution is 5.26. The largest absolute Gasteiger partial charge is 0.491 e. The fraction of sp³-hybridized carbons (Fsp3) is 0.684. The SMILES string of the molecule is CC(C)CCC(O)COc1ccc(COCCOC(C)C)cc1. The van der Waals surface area contributed by atoms with E-state index in [4.69, 9.17) is 14.2 Å². The van der Waals surface area contributed by atoms with Crippen molar-refractivity contribution in [2.75, 3.05) is 19.8 Å².